The number of anilines is 1. The van der Waals surface area contributed by atoms with E-state index in [1.165, 1.54) is 0 Å². The van der Waals surface area contributed by atoms with E-state index in [2.05, 4.69) is 5.32 Å². The van der Waals surface area contributed by atoms with Crippen LogP contribution in [0.25, 0.3) is 16.9 Å². The van der Waals surface area contributed by atoms with Crippen molar-refractivity contribution < 1.29 is 19.0 Å². The summed E-state index contributed by atoms with van der Waals surface area (Å²) in [4.78, 5) is 17.5. The Morgan fingerprint density at radius 1 is 1.03 bits per heavy atom. The first-order chi connectivity index (χ1) is 16.9. The van der Waals surface area contributed by atoms with Crippen LogP contribution in [0.1, 0.15) is 30.3 Å². The second-order valence-corrected chi connectivity index (χ2v) is 8.10. The van der Waals surface area contributed by atoms with E-state index in [0.29, 0.717) is 42.4 Å². The summed E-state index contributed by atoms with van der Waals surface area (Å²) in [6.07, 6.45) is 0.861. The van der Waals surface area contributed by atoms with Crippen LogP contribution in [-0.2, 0) is 11.2 Å². The lowest BCUT2D eigenvalue weighted by molar-refractivity contribution is -0.116. The van der Waals surface area contributed by atoms with Gasteiger partial charge in [0.05, 0.1) is 32.2 Å². The molecule has 1 N–H and O–H groups in total. The van der Waals surface area contributed by atoms with Crippen LogP contribution in [0, 0.1) is 13.8 Å². The zero-order valence-electron chi connectivity index (χ0n) is 20.7. The summed E-state index contributed by atoms with van der Waals surface area (Å²) in [5.41, 5.74) is 5.85. The Hall–Kier alpha value is -4.07. The third-order valence-electron chi connectivity index (χ3n) is 5.91. The van der Waals surface area contributed by atoms with Crippen molar-refractivity contribution in [3.05, 3.63) is 65.5 Å². The van der Waals surface area contributed by atoms with Gasteiger partial charge >= 0.3 is 0 Å². The van der Waals surface area contributed by atoms with Crippen LogP contribution >= 0.6 is 0 Å². The number of fused-ring (bicyclic) bond motifs is 1. The molecule has 0 aliphatic rings. The normalized spacial score (nSPS) is 10.9. The lowest BCUT2D eigenvalue weighted by atomic mass is 10.1. The van der Waals surface area contributed by atoms with Crippen molar-refractivity contribution in [1.29, 1.82) is 0 Å². The summed E-state index contributed by atoms with van der Waals surface area (Å²) < 4.78 is 18.3. The van der Waals surface area contributed by atoms with Gasteiger partial charge in [-0.1, -0.05) is 12.1 Å². The highest BCUT2D eigenvalue weighted by Gasteiger charge is 2.17. The van der Waals surface area contributed by atoms with Gasteiger partial charge in [0.2, 0.25) is 5.91 Å². The van der Waals surface area contributed by atoms with Gasteiger partial charge < -0.3 is 19.5 Å². The number of carbonyl (C=O) groups excluding carboxylic acids is 1. The van der Waals surface area contributed by atoms with Crippen LogP contribution in [-0.4, -0.2) is 41.3 Å². The number of methoxy groups -OCH3 is 2. The quantitative estimate of drug-likeness (QED) is 0.367. The summed E-state index contributed by atoms with van der Waals surface area (Å²) in [5.74, 6) is 1.97. The first-order valence-electron chi connectivity index (χ1n) is 11.5. The third kappa shape index (κ3) is 5.06. The van der Waals surface area contributed by atoms with E-state index in [0.717, 1.165) is 33.9 Å². The summed E-state index contributed by atoms with van der Waals surface area (Å²) in [5, 5.41) is 7.75. The molecule has 0 atom stereocenters. The molecule has 0 aliphatic heterocycles. The number of ether oxygens (including phenoxy) is 3. The minimum Gasteiger partial charge on any atom is -0.497 e. The molecular formula is C27H30N4O4. The molecule has 0 saturated carbocycles. The van der Waals surface area contributed by atoms with Crippen LogP contribution in [0.2, 0.25) is 0 Å². The largest absolute Gasteiger partial charge is 0.497 e. The maximum Gasteiger partial charge on any atom is 0.224 e. The topological polar surface area (TPSA) is 87.0 Å². The van der Waals surface area contributed by atoms with Gasteiger partial charge in [0.25, 0.3) is 0 Å². The van der Waals surface area contributed by atoms with Gasteiger partial charge in [-0.25, -0.2) is 9.50 Å². The minimum absolute atomic E-state index is 0.0832. The lowest BCUT2D eigenvalue weighted by Gasteiger charge is -2.13. The van der Waals surface area contributed by atoms with Crippen molar-refractivity contribution >= 4 is 17.2 Å². The van der Waals surface area contributed by atoms with Crippen LogP contribution in [0.5, 0.6) is 17.2 Å². The monoisotopic (exact) mass is 474 g/mol. The van der Waals surface area contributed by atoms with Gasteiger partial charge in [0, 0.05) is 35.5 Å². The molecule has 8 heteroatoms. The standard InChI is InChI=1S/C27H30N4O4/c1-6-35-24-10-8-7-9-22(24)29-27(32)14-13-20-17(2)28-26-16-23(30-31(26)18(20)3)21-12-11-19(33-4)15-25(21)34-5/h7-12,15-16H,6,13-14H2,1-5H3,(H,29,32). The van der Waals surface area contributed by atoms with Crippen LogP contribution in [0.15, 0.2) is 48.5 Å². The molecule has 0 spiro atoms. The molecule has 0 fully saturated rings. The minimum atomic E-state index is -0.0832. The van der Waals surface area contributed by atoms with E-state index < -0.39 is 0 Å². The second kappa shape index (κ2) is 10.5. The van der Waals surface area contributed by atoms with Gasteiger partial charge in [-0.3, -0.25) is 4.79 Å². The Morgan fingerprint density at radius 3 is 2.57 bits per heavy atom. The van der Waals surface area contributed by atoms with E-state index in [-0.39, 0.29) is 5.91 Å². The molecule has 0 aliphatic carbocycles. The molecule has 0 unspecified atom stereocenters. The fourth-order valence-electron chi connectivity index (χ4n) is 4.13. The van der Waals surface area contributed by atoms with Crippen molar-refractivity contribution in [3.63, 3.8) is 0 Å². The van der Waals surface area contributed by atoms with Crippen molar-refractivity contribution in [2.24, 2.45) is 0 Å². The van der Waals surface area contributed by atoms with Crippen molar-refractivity contribution in [3.8, 4) is 28.5 Å². The Bertz CT molecular complexity index is 1360. The predicted molar refractivity (Wildman–Crippen MR) is 136 cm³/mol. The average Bonchev–Trinajstić information content (AvgIpc) is 3.28. The third-order valence-corrected chi connectivity index (χ3v) is 5.91. The van der Waals surface area contributed by atoms with Gasteiger partial charge in [-0.15, -0.1) is 0 Å². The molecule has 2 aromatic heterocycles. The Morgan fingerprint density at radius 2 is 1.83 bits per heavy atom. The number of carbonyl (C=O) groups is 1. The molecule has 2 heterocycles. The number of aromatic nitrogens is 3. The van der Waals surface area contributed by atoms with E-state index in [1.54, 1.807) is 14.2 Å². The summed E-state index contributed by atoms with van der Waals surface area (Å²) >= 11 is 0. The molecular weight excluding hydrogens is 444 g/mol. The Kier molecular flexibility index (Phi) is 7.19. The summed E-state index contributed by atoms with van der Waals surface area (Å²) in [6, 6.07) is 15.0. The van der Waals surface area contributed by atoms with E-state index in [4.69, 9.17) is 24.3 Å². The number of nitrogens with zero attached hydrogens (tertiary/aromatic N) is 3. The molecule has 0 radical (unpaired) electrons. The predicted octanol–water partition coefficient (Wildman–Crippen LogP) is 5.00. The molecule has 1 amide bonds. The number of amides is 1. The van der Waals surface area contributed by atoms with Gasteiger partial charge in [0.1, 0.15) is 17.2 Å². The fourth-order valence-corrected chi connectivity index (χ4v) is 4.13. The van der Waals surface area contributed by atoms with Gasteiger partial charge in [-0.2, -0.15) is 5.10 Å². The maximum atomic E-state index is 12.7. The van der Waals surface area contributed by atoms with Crippen molar-refractivity contribution in [2.75, 3.05) is 26.1 Å². The number of hydrogen-bond donors (Lipinski definition) is 1. The number of rotatable bonds is 9. The van der Waals surface area contributed by atoms with Crippen molar-refractivity contribution in [2.45, 2.75) is 33.6 Å². The Balaban J connectivity index is 1.57. The van der Waals surface area contributed by atoms with Gasteiger partial charge in [-0.05, 0) is 57.0 Å². The maximum absolute atomic E-state index is 12.7. The van der Waals surface area contributed by atoms with Crippen molar-refractivity contribution in [1.82, 2.24) is 14.6 Å². The molecule has 4 rings (SSSR count). The highest BCUT2D eigenvalue weighted by molar-refractivity contribution is 5.92. The number of aryl methyl sites for hydroxylation is 2. The van der Waals surface area contributed by atoms with Crippen LogP contribution in [0.3, 0.4) is 0 Å². The van der Waals surface area contributed by atoms with Crippen LogP contribution in [0.4, 0.5) is 5.69 Å². The van der Waals surface area contributed by atoms with Crippen LogP contribution < -0.4 is 19.5 Å². The highest BCUT2D eigenvalue weighted by Crippen LogP contribution is 2.33. The zero-order valence-corrected chi connectivity index (χ0v) is 20.7. The first-order valence-corrected chi connectivity index (χ1v) is 11.5. The number of hydrogen-bond acceptors (Lipinski definition) is 6. The summed E-state index contributed by atoms with van der Waals surface area (Å²) in [7, 11) is 3.24. The smallest absolute Gasteiger partial charge is 0.224 e. The number of nitrogens with one attached hydrogen (secondary N) is 1. The molecule has 35 heavy (non-hydrogen) atoms. The van der Waals surface area contributed by atoms with Gasteiger partial charge in [0.15, 0.2) is 5.65 Å². The average molecular weight is 475 g/mol. The second-order valence-electron chi connectivity index (χ2n) is 8.10. The highest BCUT2D eigenvalue weighted by atomic mass is 16.5. The fraction of sp³-hybridized carbons (Fsp3) is 0.296. The van der Waals surface area contributed by atoms with E-state index >= 15 is 0 Å². The lowest BCUT2D eigenvalue weighted by Crippen LogP contribution is -2.15. The molecule has 0 saturated heterocycles. The molecule has 0 bridgehead atoms. The summed E-state index contributed by atoms with van der Waals surface area (Å²) in [6.45, 7) is 6.41. The first kappa shape index (κ1) is 24.1. The molecule has 182 valence electrons. The van der Waals surface area contributed by atoms with E-state index in [9.17, 15) is 4.79 Å². The zero-order chi connectivity index (χ0) is 24.9. The number of benzene rings is 2. The molecule has 4 aromatic rings. The molecule has 2 aromatic carbocycles. The van der Waals surface area contributed by atoms with E-state index in [1.807, 2.05) is 73.8 Å². The Labute approximate surface area is 204 Å². The SMILES string of the molecule is CCOc1ccccc1NC(=O)CCc1c(C)nc2cc(-c3ccc(OC)cc3OC)nn2c1C. The number of para-hydroxylation sites is 2. The molecule has 8 nitrogen and oxygen atoms in total.